The first-order chi connectivity index (χ1) is 11.9. The number of piperidine rings is 1. The van der Waals surface area contributed by atoms with Gasteiger partial charge in [-0.05, 0) is 48.2 Å². The summed E-state index contributed by atoms with van der Waals surface area (Å²) in [7, 11) is 0. The molecule has 130 valence electrons. The minimum Gasteiger partial charge on any atom is -0.348 e. The lowest BCUT2D eigenvalue weighted by molar-refractivity contribution is -0.134. The molecule has 2 aromatic rings. The molecule has 0 bridgehead atoms. The predicted octanol–water partition coefficient (Wildman–Crippen LogP) is 5.92. The van der Waals surface area contributed by atoms with Gasteiger partial charge in [0.15, 0.2) is 0 Å². The van der Waals surface area contributed by atoms with Gasteiger partial charge in [-0.2, -0.15) is 0 Å². The first-order valence-electron chi connectivity index (χ1n) is 8.36. The van der Waals surface area contributed by atoms with Crippen molar-refractivity contribution in [3.8, 4) is 0 Å². The maximum absolute atomic E-state index is 12.8. The molecule has 3 atom stereocenters. The fourth-order valence-corrected chi connectivity index (χ4v) is 3.96. The zero-order valence-corrected chi connectivity index (χ0v) is 15.6. The summed E-state index contributed by atoms with van der Waals surface area (Å²) in [5.41, 5.74) is 1.70. The molecule has 1 heterocycles. The summed E-state index contributed by atoms with van der Waals surface area (Å²) >= 11 is 12.2. The van der Waals surface area contributed by atoms with Gasteiger partial charge in [0.05, 0.1) is 11.5 Å². The van der Waals surface area contributed by atoms with Crippen molar-refractivity contribution in [1.29, 1.82) is 0 Å². The highest BCUT2D eigenvalue weighted by atomic mass is 35.5. The number of nitrogens with one attached hydrogen (secondary N) is 1. The number of benzene rings is 2. The van der Waals surface area contributed by atoms with E-state index in [0.717, 1.165) is 17.5 Å². The molecule has 2 nitrogen and oxygen atoms in total. The Balaban J connectivity index is 2.03. The number of rotatable bonds is 4. The maximum atomic E-state index is 12.8. The molecule has 4 heteroatoms. The summed E-state index contributed by atoms with van der Waals surface area (Å²) in [4.78, 5) is 12.8. The second-order valence-electron chi connectivity index (χ2n) is 6.92. The Labute approximate surface area is 158 Å². The van der Waals surface area contributed by atoms with Gasteiger partial charge in [0.25, 0.3) is 0 Å². The average molecular weight is 374 g/mol. The molecule has 1 amide bonds. The molecule has 1 fully saturated rings. The number of carbonyl (C=O) groups is 1. The van der Waals surface area contributed by atoms with Gasteiger partial charge >= 0.3 is 0 Å². The van der Waals surface area contributed by atoms with E-state index < -0.39 is 5.41 Å². The first kappa shape index (κ1) is 18.0. The standard InChI is InChI=1S/C21H21Cl2NO/c1-3-11-21(2)13-18(15-5-4-6-17(23)12-15)19(24-20(21)25)14-7-9-16(22)10-8-14/h3-10,12,18-19H,1,11,13H2,2H3,(H,24,25)/t18-,19-,21-/m1/s1. The Kier molecular flexibility index (Phi) is 5.21. The molecule has 2 aromatic carbocycles. The Hall–Kier alpha value is -1.77. The number of carbonyl (C=O) groups excluding carboxylic acids is 1. The number of halogens is 2. The maximum Gasteiger partial charge on any atom is 0.226 e. The van der Waals surface area contributed by atoms with Gasteiger partial charge in [-0.25, -0.2) is 0 Å². The first-order valence-corrected chi connectivity index (χ1v) is 9.11. The number of hydrogen-bond acceptors (Lipinski definition) is 1. The van der Waals surface area contributed by atoms with E-state index in [0.29, 0.717) is 16.5 Å². The van der Waals surface area contributed by atoms with Crippen LogP contribution in [-0.2, 0) is 4.79 Å². The van der Waals surface area contributed by atoms with Crippen molar-refractivity contribution in [2.45, 2.75) is 31.7 Å². The fourth-order valence-electron chi connectivity index (χ4n) is 3.64. The van der Waals surface area contributed by atoms with Crippen LogP contribution in [-0.4, -0.2) is 5.91 Å². The van der Waals surface area contributed by atoms with Gasteiger partial charge in [0, 0.05) is 16.0 Å². The zero-order valence-electron chi connectivity index (χ0n) is 14.1. The molecule has 0 aliphatic carbocycles. The number of allylic oxidation sites excluding steroid dienone is 1. The van der Waals surface area contributed by atoms with Crippen LogP contribution < -0.4 is 5.32 Å². The highest BCUT2D eigenvalue weighted by Crippen LogP contribution is 2.46. The van der Waals surface area contributed by atoms with E-state index in [2.05, 4.69) is 18.0 Å². The third kappa shape index (κ3) is 3.75. The van der Waals surface area contributed by atoms with E-state index >= 15 is 0 Å². The van der Waals surface area contributed by atoms with Gasteiger partial charge in [-0.3, -0.25) is 4.79 Å². The predicted molar refractivity (Wildman–Crippen MR) is 104 cm³/mol. The summed E-state index contributed by atoms with van der Waals surface area (Å²) in [6.07, 6.45) is 3.19. The van der Waals surface area contributed by atoms with Crippen LogP contribution in [0.3, 0.4) is 0 Å². The summed E-state index contributed by atoms with van der Waals surface area (Å²) in [6.45, 7) is 5.82. The molecule has 3 rings (SSSR count). The van der Waals surface area contributed by atoms with E-state index in [1.54, 1.807) is 0 Å². The van der Waals surface area contributed by atoms with Crippen LogP contribution in [0.2, 0.25) is 10.0 Å². The van der Waals surface area contributed by atoms with Crippen molar-refractivity contribution in [1.82, 2.24) is 5.32 Å². The van der Waals surface area contributed by atoms with E-state index in [4.69, 9.17) is 23.2 Å². The molecule has 0 radical (unpaired) electrons. The summed E-state index contributed by atoms with van der Waals surface area (Å²) in [6, 6.07) is 15.4. The van der Waals surface area contributed by atoms with Crippen molar-refractivity contribution in [2.75, 3.05) is 0 Å². The second kappa shape index (κ2) is 7.23. The van der Waals surface area contributed by atoms with Crippen molar-refractivity contribution >= 4 is 29.1 Å². The van der Waals surface area contributed by atoms with Gasteiger partial charge in [0.2, 0.25) is 5.91 Å². The summed E-state index contributed by atoms with van der Waals surface area (Å²) in [5.74, 6) is 0.188. The molecule has 0 saturated carbocycles. The monoisotopic (exact) mass is 373 g/mol. The topological polar surface area (TPSA) is 29.1 Å². The van der Waals surface area contributed by atoms with Crippen LogP contribution in [0.5, 0.6) is 0 Å². The number of amides is 1. The third-order valence-corrected chi connectivity index (χ3v) is 5.50. The van der Waals surface area contributed by atoms with Gasteiger partial charge in [-0.15, -0.1) is 6.58 Å². The Morgan fingerprint density at radius 3 is 2.52 bits per heavy atom. The highest BCUT2D eigenvalue weighted by molar-refractivity contribution is 6.30. The Morgan fingerprint density at radius 2 is 1.88 bits per heavy atom. The molecule has 1 aliphatic rings. The second-order valence-corrected chi connectivity index (χ2v) is 7.79. The molecule has 0 spiro atoms. The smallest absolute Gasteiger partial charge is 0.226 e. The molecule has 1 N–H and O–H groups in total. The lowest BCUT2D eigenvalue weighted by Crippen LogP contribution is -2.49. The SMILES string of the molecule is C=CC[C@]1(C)C[C@H](c2cccc(Cl)c2)[C@@H](c2ccc(Cl)cc2)NC1=O. The van der Waals surface area contributed by atoms with Crippen molar-refractivity contribution in [3.05, 3.63) is 82.4 Å². The van der Waals surface area contributed by atoms with Crippen molar-refractivity contribution in [2.24, 2.45) is 5.41 Å². The van der Waals surface area contributed by atoms with Crippen molar-refractivity contribution < 1.29 is 4.79 Å². The third-order valence-electron chi connectivity index (χ3n) is 5.01. The van der Waals surface area contributed by atoms with E-state index in [1.165, 1.54) is 0 Å². The highest BCUT2D eigenvalue weighted by Gasteiger charge is 2.44. The minimum atomic E-state index is -0.475. The molecular weight excluding hydrogens is 353 g/mol. The molecule has 1 saturated heterocycles. The summed E-state index contributed by atoms with van der Waals surface area (Å²) in [5, 5.41) is 4.61. The van der Waals surface area contributed by atoms with Gasteiger partial charge in [0.1, 0.15) is 0 Å². The molecule has 25 heavy (non-hydrogen) atoms. The van der Waals surface area contributed by atoms with Gasteiger partial charge < -0.3 is 5.32 Å². The van der Waals surface area contributed by atoms with E-state index in [9.17, 15) is 4.79 Å². The van der Waals surface area contributed by atoms with Crippen molar-refractivity contribution in [3.63, 3.8) is 0 Å². The normalized spacial score (nSPS) is 26.1. The van der Waals surface area contributed by atoms with Gasteiger partial charge in [-0.1, -0.05) is 60.5 Å². The molecular formula is C21H21Cl2NO. The summed E-state index contributed by atoms with van der Waals surface area (Å²) < 4.78 is 0. The zero-order chi connectivity index (χ0) is 18.0. The van der Waals surface area contributed by atoms with Crippen LogP contribution in [0.1, 0.15) is 42.9 Å². The van der Waals surface area contributed by atoms with Crippen LogP contribution in [0.15, 0.2) is 61.2 Å². The lowest BCUT2D eigenvalue weighted by Gasteiger charge is -2.42. The molecule has 0 aromatic heterocycles. The Morgan fingerprint density at radius 1 is 1.16 bits per heavy atom. The van der Waals surface area contributed by atoms with Crippen LogP contribution >= 0.6 is 23.2 Å². The largest absolute Gasteiger partial charge is 0.348 e. The van der Waals surface area contributed by atoms with Crippen LogP contribution in [0.25, 0.3) is 0 Å². The molecule has 0 unspecified atom stereocenters. The quantitative estimate of drug-likeness (QED) is 0.661. The minimum absolute atomic E-state index is 0.0608. The fraction of sp³-hybridized carbons (Fsp3) is 0.286. The van der Waals surface area contributed by atoms with Crippen LogP contribution in [0.4, 0.5) is 0 Å². The lowest BCUT2D eigenvalue weighted by atomic mass is 9.68. The van der Waals surface area contributed by atoms with E-state index in [-0.39, 0.29) is 17.9 Å². The van der Waals surface area contributed by atoms with E-state index in [1.807, 2.05) is 55.5 Å². The Bertz CT molecular complexity index is 787. The molecule has 1 aliphatic heterocycles. The number of hydrogen-bond donors (Lipinski definition) is 1. The van der Waals surface area contributed by atoms with Crippen LogP contribution in [0, 0.1) is 5.41 Å². The average Bonchev–Trinajstić information content (AvgIpc) is 2.58.